The molecule has 0 aliphatic rings. The van der Waals surface area contributed by atoms with E-state index < -0.39 is 96.9 Å². The van der Waals surface area contributed by atoms with Crippen LogP contribution in [0.2, 0.25) is 0 Å². The first-order valence-electron chi connectivity index (χ1n) is 20.4. The molecule has 0 aromatic carbocycles. The third-order valence-electron chi connectivity index (χ3n) is 7.97. The highest BCUT2D eigenvalue weighted by molar-refractivity contribution is 5.70. The highest BCUT2D eigenvalue weighted by atomic mass is 17.0. The topological polar surface area (TPSA) is 285 Å². The highest BCUT2D eigenvalue weighted by Crippen LogP contribution is 2.25. The van der Waals surface area contributed by atoms with Crippen molar-refractivity contribution in [3.8, 4) is 0 Å². The summed E-state index contributed by atoms with van der Waals surface area (Å²) < 4.78 is 32.1. The number of ether oxygens (including phenoxy) is 6. The number of hydrazine groups is 3. The Kier molecular flexibility index (Phi) is 29.5. The first kappa shape index (κ1) is 57.5. The van der Waals surface area contributed by atoms with E-state index in [1.165, 1.54) is 0 Å². The van der Waals surface area contributed by atoms with Crippen LogP contribution in [0.15, 0.2) is 0 Å². The van der Waals surface area contributed by atoms with Crippen LogP contribution < -0.4 is 5.59 Å². The Bertz CT molecular complexity index is 1400. The Morgan fingerprint density at radius 1 is 0.397 bits per heavy atom. The second-order valence-electron chi connectivity index (χ2n) is 14.0. The van der Waals surface area contributed by atoms with Crippen LogP contribution in [0.1, 0.15) is 153 Å². The van der Waals surface area contributed by atoms with Crippen LogP contribution in [0.5, 0.6) is 0 Å². The van der Waals surface area contributed by atoms with E-state index in [1.807, 2.05) is 5.59 Å². The predicted molar refractivity (Wildman–Crippen MR) is 210 cm³/mol. The average molecular weight is 909 g/mol. The van der Waals surface area contributed by atoms with Crippen molar-refractivity contribution in [1.29, 1.82) is 0 Å². The van der Waals surface area contributed by atoms with Crippen molar-refractivity contribution in [1.82, 2.24) is 21.3 Å². The summed E-state index contributed by atoms with van der Waals surface area (Å²) in [5, 5.41) is 1.04. The van der Waals surface area contributed by atoms with Gasteiger partial charge in [0.25, 0.3) is 0 Å². The van der Waals surface area contributed by atoms with E-state index in [1.54, 1.807) is 0 Å². The van der Waals surface area contributed by atoms with Crippen molar-refractivity contribution >= 4 is 59.7 Å². The zero-order valence-corrected chi connectivity index (χ0v) is 37.8. The van der Waals surface area contributed by atoms with Gasteiger partial charge in [-0.15, -0.1) is 0 Å². The summed E-state index contributed by atoms with van der Waals surface area (Å²) in [6.07, 6.45) is 1.92. The van der Waals surface area contributed by atoms with Crippen molar-refractivity contribution < 1.29 is 95.7 Å². The lowest BCUT2D eigenvalue weighted by molar-refractivity contribution is -0.547. The van der Waals surface area contributed by atoms with E-state index in [0.717, 1.165) is 114 Å². The second-order valence-corrected chi connectivity index (χ2v) is 14.0. The molecule has 24 heteroatoms. The Labute approximate surface area is 366 Å². The zero-order chi connectivity index (χ0) is 48.1. The maximum atomic E-state index is 12.2. The number of nitrogens with zero attached hydrogens (tertiary/aromatic N) is 3. The van der Waals surface area contributed by atoms with Gasteiger partial charge in [-0.1, -0.05) is 57.8 Å². The van der Waals surface area contributed by atoms with Gasteiger partial charge in [0, 0.05) is 80.8 Å². The first-order chi connectivity index (χ1) is 29.5. The molecule has 1 N–H and O–H groups in total. The molecule has 0 heterocycles. The van der Waals surface area contributed by atoms with Gasteiger partial charge in [-0.2, -0.15) is 0 Å². The summed E-state index contributed by atoms with van der Waals surface area (Å²) in [7, 11) is 0. The molecule has 0 spiro atoms. The highest BCUT2D eigenvalue weighted by Gasteiger charge is 2.44. The summed E-state index contributed by atoms with van der Waals surface area (Å²) in [6.45, 7) is 10.1. The molecule has 0 aromatic rings. The monoisotopic (exact) mass is 908 g/mol. The van der Waals surface area contributed by atoms with Gasteiger partial charge in [0.1, 0.15) is 12.7 Å². The van der Waals surface area contributed by atoms with Crippen molar-refractivity contribution in [3.05, 3.63) is 0 Å². The number of hydrogen-bond acceptors (Lipinski definition) is 24. The van der Waals surface area contributed by atoms with Gasteiger partial charge in [0.2, 0.25) is 6.23 Å². The van der Waals surface area contributed by atoms with Crippen molar-refractivity contribution in [2.75, 3.05) is 6.61 Å². The lowest BCUT2D eigenvalue weighted by atomic mass is 9.97. The van der Waals surface area contributed by atoms with E-state index in [9.17, 15) is 47.9 Å². The summed E-state index contributed by atoms with van der Waals surface area (Å²) >= 11 is 0. The number of unbranched alkanes of at least 4 members (excludes halogenated alkanes) is 10. The van der Waals surface area contributed by atoms with E-state index >= 15 is 0 Å². The van der Waals surface area contributed by atoms with Gasteiger partial charge in [-0.3, -0.25) is 47.9 Å². The molecule has 24 nitrogen and oxygen atoms in total. The summed E-state index contributed by atoms with van der Waals surface area (Å²) in [5.41, 5.74) is 1.92. The Morgan fingerprint density at radius 2 is 0.794 bits per heavy atom. The quantitative estimate of drug-likeness (QED) is 0.0333. The summed E-state index contributed by atoms with van der Waals surface area (Å²) in [6, 6.07) is 0. The lowest BCUT2D eigenvalue weighted by Gasteiger charge is -2.37. The molecule has 0 rings (SSSR count). The molecule has 0 bridgehead atoms. The van der Waals surface area contributed by atoms with Gasteiger partial charge in [-0.25, -0.2) is 0 Å². The third kappa shape index (κ3) is 28.7. The molecule has 63 heavy (non-hydrogen) atoms. The molecule has 0 saturated heterocycles. The summed E-state index contributed by atoms with van der Waals surface area (Å²) in [5.74, 6) is -8.44. The second kappa shape index (κ2) is 32.2. The fourth-order valence-corrected chi connectivity index (χ4v) is 5.79. The molecule has 0 aromatic heterocycles. The number of carbonyl (C=O) groups is 10. The van der Waals surface area contributed by atoms with Crippen LogP contribution >= 0.6 is 0 Å². The Morgan fingerprint density at radius 3 is 1.19 bits per heavy atom. The molecule has 0 aliphatic heterocycles. The predicted octanol–water partition coefficient (Wildman–Crippen LogP) is 3.39. The molecule has 0 aliphatic carbocycles. The van der Waals surface area contributed by atoms with Crippen LogP contribution in [0.25, 0.3) is 0 Å². The largest absolute Gasteiger partial charge is 0.462 e. The number of hydrogen-bond donors (Lipinski definition) is 1. The Balaban J connectivity index is 5.36. The molecule has 0 saturated carbocycles. The van der Waals surface area contributed by atoms with E-state index in [2.05, 4.69) is 4.84 Å². The van der Waals surface area contributed by atoms with Crippen molar-refractivity contribution in [3.63, 3.8) is 0 Å². The van der Waals surface area contributed by atoms with E-state index in [0.29, 0.717) is 36.1 Å². The van der Waals surface area contributed by atoms with Gasteiger partial charge < -0.3 is 47.8 Å². The summed E-state index contributed by atoms with van der Waals surface area (Å²) in [4.78, 5) is 139. The minimum Gasteiger partial charge on any atom is -0.462 e. The van der Waals surface area contributed by atoms with Crippen LogP contribution in [0, 0.1) is 0 Å². The number of rotatable bonds is 32. The molecule has 5 atom stereocenters. The molecular formula is C39H64N4O20. The van der Waals surface area contributed by atoms with Crippen LogP contribution in [-0.2, 0) is 95.7 Å². The normalized spacial score (nSPS) is 13.3. The fraction of sp³-hybridized carbons (Fsp3) is 0.744. The smallest absolute Gasteiger partial charge is 0.326 e. The standard InChI is InChI=1S/C39H64N4O20/c1-25(44)54-24-36(56-27(3)46)39(59-30(6)49)38(58-29(5)48)35(55-26(2)45)22-20-18-16-14-12-11-13-15-17-19-21-23-37(57-28(4)47)41(61-32(8)51)43(63-34(10)53)42(62-33(9)52)40-60-31(7)50/h35-40H,11-24H2,1-10H3. The van der Waals surface area contributed by atoms with Crippen LogP contribution in [-0.4, -0.2) is 113 Å². The molecule has 0 amide bonds. The maximum absolute atomic E-state index is 12.2. The zero-order valence-electron chi connectivity index (χ0n) is 37.8. The molecular weight excluding hydrogens is 844 g/mol. The number of nitrogens with one attached hydrogen (secondary N) is 1. The van der Waals surface area contributed by atoms with Crippen molar-refractivity contribution in [2.45, 2.75) is 183 Å². The minimum absolute atomic E-state index is 0.0392. The minimum atomic E-state index is -1.48. The third-order valence-corrected chi connectivity index (χ3v) is 7.97. The van der Waals surface area contributed by atoms with E-state index in [-0.39, 0.29) is 18.1 Å². The number of carbonyl (C=O) groups excluding carboxylic acids is 10. The fourth-order valence-electron chi connectivity index (χ4n) is 5.79. The van der Waals surface area contributed by atoms with Gasteiger partial charge in [0.15, 0.2) is 18.3 Å². The lowest BCUT2D eigenvalue weighted by Crippen LogP contribution is -2.62. The van der Waals surface area contributed by atoms with Gasteiger partial charge in [-0.05, 0) is 24.9 Å². The molecule has 5 unspecified atom stereocenters. The van der Waals surface area contributed by atoms with Crippen LogP contribution in [0.3, 0.4) is 0 Å². The average Bonchev–Trinajstić information content (AvgIpc) is 3.14. The van der Waals surface area contributed by atoms with Gasteiger partial charge >= 0.3 is 59.7 Å². The van der Waals surface area contributed by atoms with E-state index in [4.69, 9.17) is 42.9 Å². The van der Waals surface area contributed by atoms with Crippen molar-refractivity contribution in [2.24, 2.45) is 0 Å². The molecule has 0 radical (unpaired) electrons. The Hall–Kier alpha value is -5.46. The molecule has 0 fully saturated rings. The van der Waals surface area contributed by atoms with Crippen LogP contribution in [0.4, 0.5) is 0 Å². The van der Waals surface area contributed by atoms with Gasteiger partial charge in [0.05, 0.1) is 10.6 Å². The number of esters is 6. The SMILES string of the molecule is CC(=O)OCC(OC(C)=O)C(OC(C)=O)C(OC(C)=O)C(CCCCCCCCCCCCCC(OC(C)=O)N(OC(C)=O)N(OC(C)=O)N(NOC(C)=O)OC(C)=O)OC(C)=O. The number of hydroxylamine groups is 1. The molecule has 360 valence electrons. The maximum Gasteiger partial charge on any atom is 0.326 e. The first-order valence-corrected chi connectivity index (χ1v) is 20.4.